The number of phenolic OH excluding ortho intramolecular Hbond substituents is 1. The monoisotopic (exact) mass is 300 g/mol. The van der Waals surface area contributed by atoms with Crippen molar-refractivity contribution in [3.63, 3.8) is 0 Å². The Morgan fingerprint density at radius 3 is 2.73 bits per heavy atom. The van der Waals surface area contributed by atoms with E-state index in [0.29, 0.717) is 29.8 Å². The van der Waals surface area contributed by atoms with Crippen molar-refractivity contribution in [2.75, 3.05) is 5.32 Å². The molecule has 0 saturated carbocycles. The molecule has 1 aliphatic carbocycles. The van der Waals surface area contributed by atoms with Gasteiger partial charge in [0.1, 0.15) is 17.1 Å². The van der Waals surface area contributed by atoms with Crippen LogP contribution < -0.4 is 10.9 Å². The van der Waals surface area contributed by atoms with E-state index in [1.807, 2.05) is 0 Å². The minimum absolute atomic E-state index is 0.00127. The SMILES string of the molecule is O=C(Nc1cccc(O)c1)c1c(O)c2c([nH]c1=O)CCCC2. The number of carbonyl (C=O) groups excluding carboxylic acids is 1. The van der Waals surface area contributed by atoms with Crippen LogP contribution in [-0.2, 0) is 12.8 Å². The van der Waals surface area contributed by atoms with E-state index in [0.717, 1.165) is 12.8 Å². The Morgan fingerprint density at radius 1 is 1.18 bits per heavy atom. The molecule has 4 N–H and O–H groups in total. The van der Waals surface area contributed by atoms with Gasteiger partial charge in [-0.25, -0.2) is 0 Å². The summed E-state index contributed by atoms with van der Waals surface area (Å²) in [5.41, 5.74) is 0.816. The van der Waals surface area contributed by atoms with Crippen LogP contribution in [0.5, 0.6) is 11.5 Å². The first-order chi connectivity index (χ1) is 10.6. The lowest BCUT2D eigenvalue weighted by molar-refractivity contribution is 0.102. The normalized spacial score (nSPS) is 13.5. The number of hydrogen-bond donors (Lipinski definition) is 4. The van der Waals surface area contributed by atoms with Gasteiger partial charge < -0.3 is 20.5 Å². The zero-order valence-electron chi connectivity index (χ0n) is 11.8. The number of carbonyl (C=O) groups is 1. The number of aromatic amines is 1. The van der Waals surface area contributed by atoms with Crippen LogP contribution in [0.4, 0.5) is 5.69 Å². The number of pyridine rings is 1. The molecule has 6 heteroatoms. The van der Waals surface area contributed by atoms with Crippen LogP contribution in [0, 0.1) is 0 Å². The third kappa shape index (κ3) is 2.55. The number of nitrogens with one attached hydrogen (secondary N) is 2. The molecular formula is C16H16N2O4. The molecule has 0 unspecified atom stereocenters. The summed E-state index contributed by atoms with van der Waals surface area (Å²) in [6.07, 6.45) is 3.22. The van der Waals surface area contributed by atoms with Crippen LogP contribution in [0.3, 0.4) is 0 Å². The van der Waals surface area contributed by atoms with E-state index in [9.17, 15) is 19.8 Å². The Hall–Kier alpha value is -2.76. The average Bonchev–Trinajstić information content (AvgIpc) is 2.47. The summed E-state index contributed by atoms with van der Waals surface area (Å²) < 4.78 is 0. The van der Waals surface area contributed by atoms with E-state index in [1.54, 1.807) is 12.1 Å². The Bertz CT molecular complexity index is 795. The highest BCUT2D eigenvalue weighted by Gasteiger charge is 2.24. The number of H-pyrrole nitrogens is 1. The summed E-state index contributed by atoms with van der Waals surface area (Å²) in [5.74, 6) is -0.935. The summed E-state index contributed by atoms with van der Waals surface area (Å²) in [4.78, 5) is 27.1. The molecular weight excluding hydrogens is 284 g/mol. The molecule has 0 aliphatic heterocycles. The molecule has 114 valence electrons. The molecule has 1 aliphatic rings. The van der Waals surface area contributed by atoms with Crippen LogP contribution >= 0.6 is 0 Å². The second kappa shape index (κ2) is 5.55. The Balaban J connectivity index is 1.97. The van der Waals surface area contributed by atoms with E-state index in [4.69, 9.17) is 0 Å². The first-order valence-electron chi connectivity index (χ1n) is 7.13. The number of anilines is 1. The van der Waals surface area contributed by atoms with Gasteiger partial charge in [-0.05, 0) is 37.8 Å². The molecule has 2 aromatic rings. The van der Waals surface area contributed by atoms with Crippen molar-refractivity contribution in [3.05, 3.63) is 51.4 Å². The molecule has 0 bridgehead atoms. The van der Waals surface area contributed by atoms with Crippen molar-refractivity contribution in [3.8, 4) is 11.5 Å². The number of benzene rings is 1. The van der Waals surface area contributed by atoms with Gasteiger partial charge in [0.05, 0.1) is 0 Å². The van der Waals surface area contributed by atoms with Gasteiger partial charge in [-0.3, -0.25) is 9.59 Å². The number of amides is 1. The molecule has 1 aromatic heterocycles. The molecule has 1 aromatic carbocycles. The molecule has 0 atom stereocenters. The molecule has 6 nitrogen and oxygen atoms in total. The van der Waals surface area contributed by atoms with Gasteiger partial charge in [0, 0.05) is 23.0 Å². The topological polar surface area (TPSA) is 102 Å². The summed E-state index contributed by atoms with van der Waals surface area (Å²) in [7, 11) is 0. The van der Waals surface area contributed by atoms with E-state index in [1.165, 1.54) is 12.1 Å². The predicted molar refractivity (Wildman–Crippen MR) is 81.4 cm³/mol. The standard InChI is InChI=1S/C16H16N2O4/c19-10-5-3-4-9(8-10)17-15(21)13-14(20)11-6-1-2-7-12(11)18-16(13)22/h3-5,8,19H,1-2,6-7H2,(H,17,21)(H2,18,20,22). The van der Waals surface area contributed by atoms with Crippen LogP contribution in [0.1, 0.15) is 34.5 Å². The smallest absolute Gasteiger partial charge is 0.265 e. The van der Waals surface area contributed by atoms with Gasteiger partial charge >= 0.3 is 0 Å². The summed E-state index contributed by atoms with van der Waals surface area (Å²) in [6.45, 7) is 0. The fraction of sp³-hybridized carbons (Fsp3) is 0.250. The molecule has 0 saturated heterocycles. The van der Waals surface area contributed by atoms with Gasteiger partial charge in [-0.15, -0.1) is 0 Å². The number of aromatic nitrogens is 1. The van der Waals surface area contributed by atoms with E-state index in [2.05, 4.69) is 10.3 Å². The largest absolute Gasteiger partial charge is 0.508 e. The van der Waals surface area contributed by atoms with Crippen molar-refractivity contribution in [1.29, 1.82) is 0 Å². The maximum Gasteiger partial charge on any atom is 0.265 e. The van der Waals surface area contributed by atoms with Gasteiger partial charge in [0.2, 0.25) is 0 Å². The van der Waals surface area contributed by atoms with E-state index >= 15 is 0 Å². The fourth-order valence-electron chi connectivity index (χ4n) is 2.75. The number of aromatic hydroxyl groups is 2. The second-order valence-electron chi connectivity index (χ2n) is 5.35. The van der Waals surface area contributed by atoms with Gasteiger partial charge in [0.25, 0.3) is 11.5 Å². The van der Waals surface area contributed by atoms with E-state index < -0.39 is 11.5 Å². The van der Waals surface area contributed by atoms with Gasteiger partial charge in [-0.2, -0.15) is 0 Å². The molecule has 3 rings (SSSR count). The van der Waals surface area contributed by atoms with E-state index in [-0.39, 0.29) is 17.1 Å². The third-order valence-electron chi connectivity index (χ3n) is 3.81. The Morgan fingerprint density at radius 2 is 1.95 bits per heavy atom. The minimum Gasteiger partial charge on any atom is -0.508 e. The maximum atomic E-state index is 12.3. The minimum atomic E-state index is -0.697. The number of rotatable bonds is 2. The highest BCUT2D eigenvalue weighted by Crippen LogP contribution is 2.29. The van der Waals surface area contributed by atoms with Crippen molar-refractivity contribution < 1.29 is 15.0 Å². The first kappa shape index (κ1) is 14.2. The Labute approximate surface area is 126 Å². The molecule has 0 radical (unpaired) electrons. The number of fused-ring (bicyclic) bond motifs is 1. The van der Waals surface area contributed by atoms with Crippen molar-refractivity contribution >= 4 is 11.6 Å². The second-order valence-corrected chi connectivity index (χ2v) is 5.35. The highest BCUT2D eigenvalue weighted by molar-refractivity contribution is 6.06. The average molecular weight is 300 g/mol. The Kier molecular flexibility index (Phi) is 3.58. The molecule has 1 amide bonds. The van der Waals surface area contributed by atoms with Crippen LogP contribution in [0.25, 0.3) is 0 Å². The summed E-state index contributed by atoms with van der Waals surface area (Å²) in [6, 6.07) is 5.99. The fourth-order valence-corrected chi connectivity index (χ4v) is 2.75. The van der Waals surface area contributed by atoms with Crippen molar-refractivity contribution in [1.82, 2.24) is 4.98 Å². The molecule has 1 heterocycles. The summed E-state index contributed by atoms with van der Waals surface area (Å²) in [5, 5.41) is 22.2. The van der Waals surface area contributed by atoms with Crippen LogP contribution in [-0.4, -0.2) is 21.1 Å². The van der Waals surface area contributed by atoms with Crippen molar-refractivity contribution in [2.24, 2.45) is 0 Å². The number of hydrogen-bond acceptors (Lipinski definition) is 4. The lowest BCUT2D eigenvalue weighted by Gasteiger charge is -2.18. The summed E-state index contributed by atoms with van der Waals surface area (Å²) >= 11 is 0. The third-order valence-corrected chi connectivity index (χ3v) is 3.81. The quantitative estimate of drug-likeness (QED) is 0.680. The van der Waals surface area contributed by atoms with Crippen molar-refractivity contribution in [2.45, 2.75) is 25.7 Å². The molecule has 0 spiro atoms. The zero-order valence-corrected chi connectivity index (χ0v) is 11.8. The number of aryl methyl sites for hydroxylation is 1. The number of phenols is 1. The van der Waals surface area contributed by atoms with Gasteiger partial charge in [0.15, 0.2) is 0 Å². The molecule has 22 heavy (non-hydrogen) atoms. The first-order valence-corrected chi connectivity index (χ1v) is 7.13. The van der Waals surface area contributed by atoms with Crippen LogP contribution in [0.2, 0.25) is 0 Å². The zero-order chi connectivity index (χ0) is 15.7. The lowest BCUT2D eigenvalue weighted by atomic mass is 9.93. The lowest BCUT2D eigenvalue weighted by Crippen LogP contribution is -2.26. The maximum absolute atomic E-state index is 12.3. The molecule has 0 fully saturated rings. The van der Waals surface area contributed by atoms with Gasteiger partial charge in [-0.1, -0.05) is 6.07 Å². The highest BCUT2D eigenvalue weighted by atomic mass is 16.3. The van der Waals surface area contributed by atoms with Crippen LogP contribution in [0.15, 0.2) is 29.1 Å². The predicted octanol–water partition coefficient (Wildman–Crippen LogP) is 1.92.